The number of H-pyrrole nitrogens is 1. The van der Waals surface area contributed by atoms with Gasteiger partial charge in [0, 0.05) is 11.8 Å². The average Bonchev–Trinajstić information content (AvgIpc) is 2.67. The predicted octanol–water partition coefficient (Wildman–Crippen LogP) is 3.35. The summed E-state index contributed by atoms with van der Waals surface area (Å²) in [4.78, 5) is 11.9. The number of fused-ring (bicyclic) bond motifs is 1. The number of nitrogens with two attached hydrogens (primary N) is 2. The number of aromatic amines is 1. The fraction of sp³-hybridized carbons (Fsp3) is 0.0476. The summed E-state index contributed by atoms with van der Waals surface area (Å²) in [6.07, 6.45) is 0.621. The second-order valence-corrected chi connectivity index (χ2v) is 6.27. The van der Waals surface area contributed by atoms with E-state index in [-0.39, 0.29) is 5.56 Å². The summed E-state index contributed by atoms with van der Waals surface area (Å²) in [5, 5.41) is 8.37. The van der Waals surface area contributed by atoms with Gasteiger partial charge in [0.15, 0.2) is 0 Å². The first kappa shape index (κ1) is 15.9. The molecular formula is C21H18N4O. The Morgan fingerprint density at radius 1 is 0.808 bits per heavy atom. The number of anilines is 2. The van der Waals surface area contributed by atoms with E-state index in [1.807, 2.05) is 60.7 Å². The minimum atomic E-state index is -0.171. The van der Waals surface area contributed by atoms with Crippen LogP contribution in [0.2, 0.25) is 0 Å². The summed E-state index contributed by atoms with van der Waals surface area (Å²) in [6.45, 7) is 0. The van der Waals surface area contributed by atoms with Crippen molar-refractivity contribution in [2.24, 2.45) is 0 Å². The van der Waals surface area contributed by atoms with Crippen molar-refractivity contribution < 1.29 is 0 Å². The van der Waals surface area contributed by atoms with Crippen molar-refractivity contribution in [3.8, 4) is 11.1 Å². The summed E-state index contributed by atoms with van der Waals surface area (Å²) in [6, 6.07) is 21.4. The maximum Gasteiger partial charge on any atom is 0.272 e. The van der Waals surface area contributed by atoms with E-state index in [9.17, 15) is 4.79 Å². The Kier molecular flexibility index (Phi) is 3.89. The third kappa shape index (κ3) is 2.91. The molecule has 4 rings (SSSR count). The van der Waals surface area contributed by atoms with Crippen LogP contribution in [-0.4, -0.2) is 10.2 Å². The zero-order valence-corrected chi connectivity index (χ0v) is 14.1. The van der Waals surface area contributed by atoms with Crippen molar-refractivity contribution in [1.29, 1.82) is 0 Å². The molecule has 0 aliphatic carbocycles. The number of nitrogens with one attached hydrogen (secondary N) is 1. The smallest absolute Gasteiger partial charge is 0.272 e. The Hall–Kier alpha value is -3.60. The van der Waals surface area contributed by atoms with Crippen LogP contribution < -0.4 is 17.0 Å². The molecule has 128 valence electrons. The van der Waals surface area contributed by atoms with Crippen molar-refractivity contribution in [2.75, 3.05) is 11.5 Å². The van der Waals surface area contributed by atoms with Gasteiger partial charge in [-0.3, -0.25) is 4.79 Å². The summed E-state index contributed by atoms with van der Waals surface area (Å²) in [5.74, 6) is 0. The molecule has 3 aromatic carbocycles. The number of hydrogen-bond donors (Lipinski definition) is 3. The lowest BCUT2D eigenvalue weighted by Gasteiger charge is -2.09. The van der Waals surface area contributed by atoms with E-state index < -0.39 is 0 Å². The summed E-state index contributed by atoms with van der Waals surface area (Å²) in [7, 11) is 0. The van der Waals surface area contributed by atoms with Gasteiger partial charge in [0.2, 0.25) is 0 Å². The predicted molar refractivity (Wildman–Crippen MR) is 106 cm³/mol. The number of nitrogens with zero attached hydrogens (tertiary/aromatic N) is 1. The normalized spacial score (nSPS) is 10.9. The Bertz CT molecular complexity index is 1160. The van der Waals surface area contributed by atoms with Crippen molar-refractivity contribution in [2.45, 2.75) is 6.42 Å². The van der Waals surface area contributed by atoms with Gasteiger partial charge in [-0.2, -0.15) is 5.10 Å². The minimum absolute atomic E-state index is 0.171. The SMILES string of the molecule is Nc1ccc(-c2cccc(Cc3n[nH]c(=O)c4ccccc34)c2)cc1N. The van der Waals surface area contributed by atoms with Crippen LogP contribution in [0.15, 0.2) is 71.5 Å². The number of rotatable bonds is 3. The van der Waals surface area contributed by atoms with Gasteiger partial charge in [0.1, 0.15) is 0 Å². The molecule has 4 aromatic rings. The third-order valence-corrected chi connectivity index (χ3v) is 4.49. The molecule has 0 atom stereocenters. The molecule has 0 spiro atoms. The first-order chi connectivity index (χ1) is 12.6. The van der Waals surface area contributed by atoms with Crippen LogP contribution in [0.4, 0.5) is 11.4 Å². The van der Waals surface area contributed by atoms with Crippen LogP contribution in [0.3, 0.4) is 0 Å². The van der Waals surface area contributed by atoms with E-state index >= 15 is 0 Å². The Balaban J connectivity index is 1.73. The zero-order chi connectivity index (χ0) is 18.1. The van der Waals surface area contributed by atoms with Gasteiger partial charge in [0.05, 0.1) is 22.5 Å². The molecule has 0 saturated heterocycles. The minimum Gasteiger partial charge on any atom is -0.397 e. The lowest BCUT2D eigenvalue weighted by Crippen LogP contribution is -2.11. The van der Waals surface area contributed by atoms with E-state index in [4.69, 9.17) is 11.5 Å². The lowest BCUT2D eigenvalue weighted by molar-refractivity contribution is 0.934. The fourth-order valence-electron chi connectivity index (χ4n) is 3.11. The molecule has 5 N–H and O–H groups in total. The van der Waals surface area contributed by atoms with Crippen LogP contribution in [0, 0.1) is 0 Å². The number of hydrogen-bond acceptors (Lipinski definition) is 4. The first-order valence-electron chi connectivity index (χ1n) is 8.32. The highest BCUT2D eigenvalue weighted by Gasteiger charge is 2.08. The fourth-order valence-corrected chi connectivity index (χ4v) is 3.11. The van der Waals surface area contributed by atoms with E-state index in [0.29, 0.717) is 23.2 Å². The molecule has 0 unspecified atom stereocenters. The van der Waals surface area contributed by atoms with Crippen LogP contribution >= 0.6 is 0 Å². The lowest BCUT2D eigenvalue weighted by atomic mass is 9.99. The van der Waals surface area contributed by atoms with Gasteiger partial charge in [-0.1, -0.05) is 48.5 Å². The monoisotopic (exact) mass is 342 g/mol. The van der Waals surface area contributed by atoms with Crippen LogP contribution in [0.5, 0.6) is 0 Å². The van der Waals surface area contributed by atoms with Gasteiger partial charge < -0.3 is 11.5 Å². The maximum absolute atomic E-state index is 11.9. The standard InChI is InChI=1S/C21H18N4O/c22-18-9-8-15(12-19(18)23)14-5-3-4-13(10-14)11-20-16-6-1-2-7-17(16)21(26)25-24-20/h1-10,12H,11,22-23H2,(H,25,26). The number of aromatic nitrogens is 2. The van der Waals surface area contributed by atoms with E-state index in [2.05, 4.69) is 16.3 Å². The van der Waals surface area contributed by atoms with Crippen LogP contribution in [-0.2, 0) is 6.42 Å². The Morgan fingerprint density at radius 2 is 1.58 bits per heavy atom. The van der Waals surface area contributed by atoms with Gasteiger partial charge in [-0.25, -0.2) is 5.10 Å². The molecule has 0 amide bonds. The molecule has 0 saturated carbocycles. The first-order valence-corrected chi connectivity index (χ1v) is 8.32. The largest absolute Gasteiger partial charge is 0.397 e. The van der Waals surface area contributed by atoms with E-state index in [0.717, 1.165) is 27.8 Å². The van der Waals surface area contributed by atoms with E-state index in [1.165, 1.54) is 0 Å². The molecule has 1 aromatic heterocycles. The van der Waals surface area contributed by atoms with Crippen LogP contribution in [0.25, 0.3) is 21.9 Å². The van der Waals surface area contributed by atoms with Gasteiger partial charge in [-0.05, 0) is 34.9 Å². The van der Waals surface area contributed by atoms with Crippen molar-refractivity contribution in [3.63, 3.8) is 0 Å². The molecule has 26 heavy (non-hydrogen) atoms. The molecule has 0 radical (unpaired) electrons. The molecule has 0 fully saturated rings. The maximum atomic E-state index is 11.9. The van der Waals surface area contributed by atoms with E-state index in [1.54, 1.807) is 0 Å². The molecule has 5 nitrogen and oxygen atoms in total. The molecule has 1 heterocycles. The highest BCUT2D eigenvalue weighted by atomic mass is 16.1. The number of nitrogen functional groups attached to an aromatic ring is 2. The highest BCUT2D eigenvalue weighted by Crippen LogP contribution is 2.27. The van der Waals surface area contributed by atoms with Gasteiger partial charge in [-0.15, -0.1) is 0 Å². The molecule has 0 aliphatic heterocycles. The van der Waals surface area contributed by atoms with Crippen LogP contribution in [0.1, 0.15) is 11.3 Å². The van der Waals surface area contributed by atoms with Crippen molar-refractivity contribution >= 4 is 22.1 Å². The Morgan fingerprint density at radius 3 is 2.38 bits per heavy atom. The summed E-state index contributed by atoms with van der Waals surface area (Å²) >= 11 is 0. The highest BCUT2D eigenvalue weighted by molar-refractivity contribution is 5.83. The third-order valence-electron chi connectivity index (χ3n) is 4.49. The topological polar surface area (TPSA) is 97.8 Å². The number of benzene rings is 3. The Labute approximate surface area is 150 Å². The molecule has 5 heteroatoms. The zero-order valence-electron chi connectivity index (χ0n) is 14.1. The average molecular weight is 342 g/mol. The molecule has 0 aliphatic rings. The van der Waals surface area contributed by atoms with Gasteiger partial charge in [0.25, 0.3) is 5.56 Å². The van der Waals surface area contributed by atoms with Crippen molar-refractivity contribution in [1.82, 2.24) is 10.2 Å². The second kappa shape index (κ2) is 6.37. The summed E-state index contributed by atoms with van der Waals surface area (Å²) in [5.41, 5.74) is 16.7. The second-order valence-electron chi connectivity index (χ2n) is 6.27. The van der Waals surface area contributed by atoms with Crippen molar-refractivity contribution in [3.05, 3.63) is 88.3 Å². The summed E-state index contributed by atoms with van der Waals surface area (Å²) < 4.78 is 0. The molecule has 0 bridgehead atoms. The molecular weight excluding hydrogens is 324 g/mol. The van der Waals surface area contributed by atoms with Gasteiger partial charge >= 0.3 is 0 Å². The quantitative estimate of drug-likeness (QED) is 0.497.